The van der Waals surface area contributed by atoms with Gasteiger partial charge in [0, 0.05) is 25.3 Å². The molecule has 1 aromatic heterocycles. The van der Waals surface area contributed by atoms with Crippen LogP contribution < -0.4 is 5.73 Å². The van der Waals surface area contributed by atoms with Gasteiger partial charge in [-0.2, -0.15) is 0 Å². The molecule has 0 spiro atoms. The number of nitrogens with two attached hydrogens (primary N) is 1. The van der Waals surface area contributed by atoms with E-state index in [2.05, 4.69) is 4.98 Å². The molecule has 1 fully saturated rings. The summed E-state index contributed by atoms with van der Waals surface area (Å²) >= 11 is 0. The summed E-state index contributed by atoms with van der Waals surface area (Å²) < 4.78 is 1.89. The van der Waals surface area contributed by atoms with Gasteiger partial charge in [0.1, 0.15) is 6.04 Å². The molecule has 2 unspecified atom stereocenters. The Kier molecular flexibility index (Phi) is 4.01. The Labute approximate surface area is 108 Å². The third-order valence-electron chi connectivity index (χ3n) is 3.60. The van der Waals surface area contributed by atoms with E-state index >= 15 is 0 Å². The first-order valence-corrected chi connectivity index (χ1v) is 6.67. The zero-order valence-electron chi connectivity index (χ0n) is 11.2. The van der Waals surface area contributed by atoms with Gasteiger partial charge in [-0.1, -0.05) is 0 Å². The van der Waals surface area contributed by atoms with Crippen molar-refractivity contribution in [1.82, 2.24) is 14.5 Å². The number of hydrogen-bond donors (Lipinski definition) is 1. The second-order valence-corrected chi connectivity index (χ2v) is 5.08. The van der Waals surface area contributed by atoms with Crippen LogP contribution in [0.25, 0.3) is 0 Å². The van der Waals surface area contributed by atoms with Gasteiger partial charge in [-0.15, -0.1) is 0 Å². The van der Waals surface area contributed by atoms with Crippen LogP contribution in [-0.4, -0.2) is 33.4 Å². The van der Waals surface area contributed by atoms with E-state index < -0.39 is 0 Å². The van der Waals surface area contributed by atoms with Gasteiger partial charge in [0.25, 0.3) is 0 Å². The van der Waals surface area contributed by atoms with Crippen molar-refractivity contribution in [2.45, 2.75) is 45.2 Å². The van der Waals surface area contributed by atoms with Gasteiger partial charge in [-0.05, 0) is 33.1 Å². The standard InChI is InChI=1S/C13H22N4O/c1-10(14)12-8-15-9-17(12)11(2)13(18)16-6-4-3-5-7-16/h8-11H,3-7,14H2,1-2H3. The van der Waals surface area contributed by atoms with Crippen molar-refractivity contribution in [3.8, 4) is 0 Å². The largest absolute Gasteiger partial charge is 0.341 e. The first-order chi connectivity index (χ1) is 8.61. The number of amides is 1. The normalized spacial score (nSPS) is 19.6. The molecular formula is C13H22N4O. The Balaban J connectivity index is 2.12. The summed E-state index contributed by atoms with van der Waals surface area (Å²) in [7, 11) is 0. The molecule has 0 radical (unpaired) electrons. The molecule has 2 N–H and O–H groups in total. The number of rotatable bonds is 3. The molecule has 2 atom stereocenters. The van der Waals surface area contributed by atoms with Crippen LogP contribution in [0.5, 0.6) is 0 Å². The highest BCUT2D eigenvalue weighted by Crippen LogP contribution is 2.19. The molecule has 2 heterocycles. The number of nitrogens with zero attached hydrogens (tertiary/aromatic N) is 3. The molecule has 0 saturated carbocycles. The highest BCUT2D eigenvalue weighted by atomic mass is 16.2. The van der Waals surface area contributed by atoms with E-state index in [-0.39, 0.29) is 18.0 Å². The molecule has 18 heavy (non-hydrogen) atoms. The maximum Gasteiger partial charge on any atom is 0.245 e. The third-order valence-corrected chi connectivity index (χ3v) is 3.60. The molecular weight excluding hydrogens is 228 g/mol. The summed E-state index contributed by atoms with van der Waals surface area (Å²) in [5, 5.41) is 0. The third kappa shape index (κ3) is 2.56. The first kappa shape index (κ1) is 13.1. The maximum atomic E-state index is 12.4. The van der Waals surface area contributed by atoms with E-state index in [0.29, 0.717) is 0 Å². The summed E-state index contributed by atoms with van der Waals surface area (Å²) in [5.74, 6) is 0.176. The van der Waals surface area contributed by atoms with E-state index in [1.54, 1.807) is 12.5 Å². The van der Waals surface area contributed by atoms with Crippen molar-refractivity contribution < 1.29 is 4.79 Å². The number of carbonyl (C=O) groups is 1. The van der Waals surface area contributed by atoms with Gasteiger partial charge in [-0.3, -0.25) is 4.79 Å². The molecule has 100 valence electrons. The maximum absolute atomic E-state index is 12.4. The topological polar surface area (TPSA) is 64.1 Å². The smallest absolute Gasteiger partial charge is 0.245 e. The molecule has 1 amide bonds. The van der Waals surface area contributed by atoms with E-state index in [0.717, 1.165) is 31.6 Å². The number of likely N-dealkylation sites (tertiary alicyclic amines) is 1. The van der Waals surface area contributed by atoms with Crippen molar-refractivity contribution >= 4 is 5.91 Å². The van der Waals surface area contributed by atoms with Gasteiger partial charge < -0.3 is 15.2 Å². The fourth-order valence-electron chi connectivity index (χ4n) is 2.49. The quantitative estimate of drug-likeness (QED) is 0.883. The predicted molar refractivity (Wildman–Crippen MR) is 70.0 cm³/mol. The Morgan fingerprint density at radius 3 is 2.61 bits per heavy atom. The molecule has 0 bridgehead atoms. The number of imidazole rings is 1. The molecule has 5 nitrogen and oxygen atoms in total. The zero-order valence-corrected chi connectivity index (χ0v) is 11.2. The molecule has 1 aliphatic heterocycles. The number of piperidine rings is 1. The minimum Gasteiger partial charge on any atom is -0.341 e. The van der Waals surface area contributed by atoms with E-state index in [4.69, 9.17) is 5.73 Å². The van der Waals surface area contributed by atoms with Crippen molar-refractivity contribution in [1.29, 1.82) is 0 Å². The average molecular weight is 250 g/mol. The molecule has 2 rings (SSSR count). The summed E-state index contributed by atoms with van der Waals surface area (Å²) in [4.78, 5) is 18.5. The second kappa shape index (κ2) is 5.52. The Hall–Kier alpha value is -1.36. The van der Waals surface area contributed by atoms with Crippen LogP contribution in [-0.2, 0) is 4.79 Å². The molecule has 5 heteroatoms. The van der Waals surface area contributed by atoms with Gasteiger partial charge in [0.2, 0.25) is 5.91 Å². The zero-order chi connectivity index (χ0) is 13.1. The highest BCUT2D eigenvalue weighted by Gasteiger charge is 2.25. The van der Waals surface area contributed by atoms with Crippen molar-refractivity contribution in [3.05, 3.63) is 18.2 Å². The number of carbonyl (C=O) groups excluding carboxylic acids is 1. The number of hydrogen-bond acceptors (Lipinski definition) is 3. The lowest BCUT2D eigenvalue weighted by Gasteiger charge is -2.30. The lowest BCUT2D eigenvalue weighted by atomic mass is 10.1. The minimum atomic E-state index is -0.216. The molecule has 1 aliphatic rings. The van der Waals surface area contributed by atoms with E-state index in [1.165, 1.54) is 6.42 Å². The summed E-state index contributed by atoms with van der Waals surface area (Å²) in [6, 6.07) is -0.323. The van der Waals surface area contributed by atoms with Gasteiger partial charge in [0.05, 0.1) is 12.0 Å². The average Bonchev–Trinajstić information content (AvgIpc) is 2.87. The van der Waals surface area contributed by atoms with E-state index in [1.807, 2.05) is 23.3 Å². The molecule has 1 saturated heterocycles. The van der Waals surface area contributed by atoms with Gasteiger partial charge >= 0.3 is 0 Å². The predicted octanol–water partition coefficient (Wildman–Crippen LogP) is 1.48. The number of aromatic nitrogens is 2. The van der Waals surface area contributed by atoms with Crippen molar-refractivity contribution in [2.75, 3.05) is 13.1 Å². The molecule has 0 aromatic carbocycles. The molecule has 0 aliphatic carbocycles. The van der Waals surface area contributed by atoms with Crippen LogP contribution in [0.1, 0.15) is 50.9 Å². The minimum absolute atomic E-state index is 0.107. The lowest BCUT2D eigenvalue weighted by Crippen LogP contribution is -2.40. The summed E-state index contributed by atoms with van der Waals surface area (Å²) in [5.41, 5.74) is 6.80. The second-order valence-electron chi connectivity index (χ2n) is 5.08. The Bertz CT molecular complexity index is 407. The Morgan fingerprint density at radius 1 is 1.33 bits per heavy atom. The monoisotopic (exact) mass is 250 g/mol. The van der Waals surface area contributed by atoms with Crippen LogP contribution in [0.2, 0.25) is 0 Å². The Morgan fingerprint density at radius 2 is 2.00 bits per heavy atom. The van der Waals surface area contributed by atoms with E-state index in [9.17, 15) is 4.79 Å². The summed E-state index contributed by atoms with van der Waals surface area (Å²) in [6.45, 7) is 5.59. The van der Waals surface area contributed by atoms with Crippen molar-refractivity contribution in [3.63, 3.8) is 0 Å². The van der Waals surface area contributed by atoms with Gasteiger partial charge in [0.15, 0.2) is 0 Å². The highest BCUT2D eigenvalue weighted by molar-refractivity contribution is 5.80. The van der Waals surface area contributed by atoms with Crippen molar-refractivity contribution in [2.24, 2.45) is 5.73 Å². The fraction of sp³-hybridized carbons (Fsp3) is 0.692. The van der Waals surface area contributed by atoms with Crippen LogP contribution in [0, 0.1) is 0 Å². The van der Waals surface area contributed by atoms with Gasteiger partial charge in [-0.25, -0.2) is 4.98 Å². The first-order valence-electron chi connectivity index (χ1n) is 6.67. The summed E-state index contributed by atoms with van der Waals surface area (Å²) in [6.07, 6.45) is 6.90. The van der Waals surface area contributed by atoms with Crippen LogP contribution >= 0.6 is 0 Å². The van der Waals surface area contributed by atoms with Crippen LogP contribution in [0.15, 0.2) is 12.5 Å². The van der Waals surface area contributed by atoms with Crippen LogP contribution in [0.3, 0.4) is 0 Å². The molecule has 1 aromatic rings. The SMILES string of the molecule is CC(N)c1cncn1C(C)C(=O)N1CCCCC1. The van der Waals surface area contributed by atoms with Crippen LogP contribution in [0.4, 0.5) is 0 Å². The lowest BCUT2D eigenvalue weighted by molar-refractivity contribution is -0.135. The fourth-order valence-corrected chi connectivity index (χ4v) is 2.49.